The van der Waals surface area contributed by atoms with Gasteiger partial charge in [-0.15, -0.1) is 0 Å². The Morgan fingerprint density at radius 3 is 0.987 bits per heavy atom. The molecule has 0 radical (unpaired) electrons. The molecule has 9 N–H and O–H groups in total. The fourth-order valence-corrected chi connectivity index (χ4v) is 6.19. The molecule has 0 aromatic heterocycles. The van der Waals surface area contributed by atoms with Crippen molar-refractivity contribution in [1.29, 1.82) is 0 Å². The number of phenols is 9. The van der Waals surface area contributed by atoms with Gasteiger partial charge in [0.15, 0.2) is 0 Å². The predicted molar refractivity (Wildman–Crippen MR) is 315 cm³/mol. The van der Waals surface area contributed by atoms with Crippen molar-refractivity contribution >= 4 is 0 Å². The molecule has 9 aromatic carbocycles. The molecule has 76 heavy (non-hydrogen) atoms. The number of para-hydroxylation sites is 3. The maximum Gasteiger partial charge on any atom is 0.121 e. The van der Waals surface area contributed by atoms with Crippen molar-refractivity contribution in [2.75, 3.05) is 0 Å². The summed E-state index contributed by atoms with van der Waals surface area (Å²) in [4.78, 5) is 0. The Hall–Kier alpha value is -8.82. The summed E-state index contributed by atoms with van der Waals surface area (Å²) in [5.74, 6) is 3.23. The van der Waals surface area contributed by atoms with E-state index < -0.39 is 0 Å². The zero-order chi connectivity index (χ0) is 57.3. The lowest BCUT2D eigenvalue weighted by molar-refractivity contribution is 0.466. The standard InChI is InChI=1S/5C8H10O.3C7H8O.C6H6O/c1-6-3-7(2)5-8(9)4-6;1-6-3-4-8(9)5-7(6)2;1-6-3-4-8(9)7(2)5-6;1-6-4-3-5-8(9)7(6)2;1-6-4-3-5-7(2)8(6)9;1-6-2-4-7(8)5-3-6;1-6-3-2-4-7(8)5-6;1-6-4-2-3-5-7(6)8;7-6-4-2-1-3-5-6/h5*3-5,9H,1-2H3;3*2-5,8H,1H3;1-5,7H. The Morgan fingerprint density at radius 1 is 0.197 bits per heavy atom. The minimum atomic E-state index is 0.322. The molecule has 9 nitrogen and oxygen atoms in total. The molecule has 0 bridgehead atoms. The zero-order valence-electron chi connectivity index (χ0n) is 46.5. The van der Waals surface area contributed by atoms with Crippen molar-refractivity contribution in [2.45, 2.75) is 90.0 Å². The Morgan fingerprint density at radius 2 is 0.605 bits per heavy atom. The van der Waals surface area contributed by atoms with Gasteiger partial charge < -0.3 is 46.0 Å². The summed E-state index contributed by atoms with van der Waals surface area (Å²) in [5.41, 5.74) is 13.8. The molecule has 9 aromatic rings. The first kappa shape index (κ1) is 65.2. The molecule has 9 heteroatoms. The molecular formula is C67H80O9. The summed E-state index contributed by atoms with van der Waals surface area (Å²) in [7, 11) is 0. The van der Waals surface area contributed by atoms with E-state index in [1.165, 1.54) is 16.7 Å². The second kappa shape index (κ2) is 35.4. The van der Waals surface area contributed by atoms with Crippen LogP contribution in [0.2, 0.25) is 0 Å². The topological polar surface area (TPSA) is 182 Å². The van der Waals surface area contributed by atoms with E-state index in [-0.39, 0.29) is 0 Å². The number of rotatable bonds is 0. The average Bonchev–Trinajstić information content (AvgIpc) is 3.36. The van der Waals surface area contributed by atoms with Gasteiger partial charge in [-0.25, -0.2) is 0 Å². The molecule has 0 atom stereocenters. The van der Waals surface area contributed by atoms with Crippen molar-refractivity contribution in [3.05, 3.63) is 266 Å². The van der Waals surface area contributed by atoms with Crippen LogP contribution in [0, 0.1) is 90.0 Å². The fraction of sp³-hybridized carbons (Fsp3) is 0.194. The first-order chi connectivity index (χ1) is 35.8. The van der Waals surface area contributed by atoms with Crippen LogP contribution in [0.5, 0.6) is 51.7 Å². The SMILES string of the molecule is Cc1cc(C)cc(O)c1.Cc1ccc(O)c(C)c1.Cc1ccc(O)cc1.Cc1ccc(O)cc1C.Cc1cccc(C)c1O.Cc1cccc(O)c1.Cc1cccc(O)c1C.Cc1ccccc1O.Oc1ccccc1. The van der Waals surface area contributed by atoms with Gasteiger partial charge in [-0.1, -0.05) is 126 Å². The van der Waals surface area contributed by atoms with Crippen LogP contribution in [0.3, 0.4) is 0 Å². The summed E-state index contributed by atoms with van der Waals surface area (Å²) in [6.07, 6.45) is 0. The normalized spacial score (nSPS) is 9.33. The number of hydrogen-bond acceptors (Lipinski definition) is 9. The largest absolute Gasteiger partial charge is 0.508 e. The lowest BCUT2D eigenvalue weighted by Gasteiger charge is -1.99. The van der Waals surface area contributed by atoms with Crippen molar-refractivity contribution in [1.82, 2.24) is 0 Å². The van der Waals surface area contributed by atoms with E-state index in [1.807, 2.05) is 193 Å². The third kappa shape index (κ3) is 29.0. The summed E-state index contributed by atoms with van der Waals surface area (Å²) in [5, 5.41) is 80.4. The van der Waals surface area contributed by atoms with Crippen LogP contribution >= 0.6 is 0 Å². The number of benzene rings is 9. The number of aromatic hydroxyl groups is 9. The van der Waals surface area contributed by atoms with Crippen LogP contribution in [0.25, 0.3) is 0 Å². The van der Waals surface area contributed by atoms with Gasteiger partial charge >= 0.3 is 0 Å². The number of hydrogen-bond donors (Lipinski definition) is 9. The fourth-order valence-electron chi connectivity index (χ4n) is 6.19. The Kier molecular flexibility index (Phi) is 30.3. The second-order valence-electron chi connectivity index (χ2n) is 18.2. The molecule has 0 aliphatic heterocycles. The molecule has 0 saturated heterocycles. The summed E-state index contributed by atoms with van der Waals surface area (Å²) < 4.78 is 0. The van der Waals surface area contributed by atoms with Crippen LogP contribution < -0.4 is 0 Å². The number of aryl methyl sites for hydroxylation is 12. The Labute approximate surface area is 452 Å². The quantitative estimate of drug-likeness (QED) is 0.0714. The molecule has 0 amide bonds. The Balaban J connectivity index is 0.000000428. The highest BCUT2D eigenvalue weighted by Gasteiger charge is 1.97. The highest BCUT2D eigenvalue weighted by atomic mass is 16.3. The van der Waals surface area contributed by atoms with Gasteiger partial charge in [-0.3, -0.25) is 0 Å². The lowest BCUT2D eigenvalue weighted by Crippen LogP contribution is -1.78. The molecule has 0 heterocycles. The summed E-state index contributed by atoms with van der Waals surface area (Å²) in [6, 6.07) is 57.9. The maximum absolute atomic E-state index is 9.21. The van der Waals surface area contributed by atoms with E-state index in [0.29, 0.717) is 51.7 Å². The van der Waals surface area contributed by atoms with Crippen molar-refractivity contribution in [3.8, 4) is 51.7 Å². The van der Waals surface area contributed by atoms with Crippen molar-refractivity contribution in [3.63, 3.8) is 0 Å². The minimum Gasteiger partial charge on any atom is -0.508 e. The van der Waals surface area contributed by atoms with Crippen LogP contribution in [0.1, 0.15) is 72.3 Å². The summed E-state index contributed by atoms with van der Waals surface area (Å²) >= 11 is 0. The van der Waals surface area contributed by atoms with Gasteiger partial charge in [-0.05, 0) is 230 Å². The molecule has 9 rings (SSSR count). The van der Waals surface area contributed by atoms with Gasteiger partial charge in [0.2, 0.25) is 0 Å². The molecular weight excluding hydrogens is 949 g/mol. The molecule has 0 fully saturated rings. The van der Waals surface area contributed by atoms with E-state index in [9.17, 15) is 5.11 Å². The highest BCUT2D eigenvalue weighted by molar-refractivity contribution is 5.39. The van der Waals surface area contributed by atoms with Crippen molar-refractivity contribution < 1.29 is 46.0 Å². The molecule has 0 aliphatic carbocycles. The van der Waals surface area contributed by atoms with Gasteiger partial charge in [0.1, 0.15) is 51.7 Å². The van der Waals surface area contributed by atoms with Crippen molar-refractivity contribution in [2.24, 2.45) is 0 Å². The summed E-state index contributed by atoms with van der Waals surface area (Å²) in [6.45, 7) is 25.3. The van der Waals surface area contributed by atoms with Crippen LogP contribution in [-0.2, 0) is 0 Å². The Bertz CT molecular complexity index is 2810. The zero-order valence-corrected chi connectivity index (χ0v) is 46.5. The third-order valence-electron chi connectivity index (χ3n) is 11.0. The third-order valence-corrected chi connectivity index (χ3v) is 11.0. The molecule has 0 aliphatic rings. The molecule has 0 spiro atoms. The maximum atomic E-state index is 9.21. The minimum absolute atomic E-state index is 0.322. The van der Waals surface area contributed by atoms with E-state index in [2.05, 4.69) is 0 Å². The van der Waals surface area contributed by atoms with E-state index in [0.717, 1.165) is 55.6 Å². The monoisotopic (exact) mass is 1030 g/mol. The lowest BCUT2D eigenvalue weighted by atomic mass is 10.1. The van der Waals surface area contributed by atoms with Gasteiger partial charge in [0.05, 0.1) is 0 Å². The van der Waals surface area contributed by atoms with Gasteiger partial charge in [0, 0.05) is 0 Å². The molecule has 0 unspecified atom stereocenters. The average molecular weight is 1030 g/mol. The number of phenolic OH excluding ortho intramolecular Hbond substituents is 9. The van der Waals surface area contributed by atoms with E-state index >= 15 is 0 Å². The first-order valence-electron chi connectivity index (χ1n) is 24.6. The van der Waals surface area contributed by atoms with Gasteiger partial charge in [0.25, 0.3) is 0 Å². The van der Waals surface area contributed by atoms with Crippen LogP contribution in [0.4, 0.5) is 0 Å². The smallest absolute Gasteiger partial charge is 0.121 e. The van der Waals surface area contributed by atoms with Gasteiger partial charge in [-0.2, -0.15) is 0 Å². The highest BCUT2D eigenvalue weighted by Crippen LogP contribution is 2.21. The first-order valence-corrected chi connectivity index (χ1v) is 24.6. The van der Waals surface area contributed by atoms with E-state index in [4.69, 9.17) is 40.9 Å². The van der Waals surface area contributed by atoms with Crippen LogP contribution in [0.15, 0.2) is 194 Å². The molecule has 0 saturated carbocycles. The predicted octanol–water partition coefficient (Wildman–Crippen LogP) is 16.5. The molecule has 402 valence electrons. The van der Waals surface area contributed by atoms with E-state index in [1.54, 1.807) is 91.0 Å². The second-order valence-corrected chi connectivity index (χ2v) is 18.2. The van der Waals surface area contributed by atoms with Crippen LogP contribution in [-0.4, -0.2) is 46.0 Å².